The summed E-state index contributed by atoms with van der Waals surface area (Å²) in [6.45, 7) is 6.13. The number of carbonyl (C=O) groups excluding carboxylic acids is 1. The lowest BCUT2D eigenvalue weighted by molar-refractivity contribution is 0.0628. The second-order valence-corrected chi connectivity index (χ2v) is 11.6. The van der Waals surface area contributed by atoms with Crippen LogP contribution >= 0.6 is 0 Å². The molecule has 1 saturated heterocycles. The molecule has 1 amide bonds. The minimum absolute atomic E-state index is 0.0735. The summed E-state index contributed by atoms with van der Waals surface area (Å²) in [4.78, 5) is 17.8. The smallest absolute Gasteiger partial charge is 0.253 e. The quantitative estimate of drug-likeness (QED) is 0.402. The topological polar surface area (TPSA) is 88.6 Å². The number of sulfonamides is 1. The number of hydrogen-bond donors (Lipinski definition) is 0. The molecule has 39 heavy (non-hydrogen) atoms. The predicted octanol–water partition coefficient (Wildman–Crippen LogP) is 3.59. The fourth-order valence-electron chi connectivity index (χ4n) is 4.82. The summed E-state index contributed by atoms with van der Waals surface area (Å²) >= 11 is 0. The molecule has 0 aliphatic carbocycles. The molecule has 0 bridgehead atoms. The van der Waals surface area contributed by atoms with Gasteiger partial charge < -0.3 is 19.1 Å². The molecule has 3 aromatic carbocycles. The van der Waals surface area contributed by atoms with Gasteiger partial charge in [0.2, 0.25) is 16.8 Å². The minimum atomic E-state index is -3.70. The highest BCUT2D eigenvalue weighted by atomic mass is 32.2. The molecular formula is C29H33N3O6S. The number of fused-ring (bicyclic) bond motifs is 1. The Morgan fingerprint density at radius 1 is 0.949 bits per heavy atom. The van der Waals surface area contributed by atoms with E-state index in [4.69, 9.17) is 14.2 Å². The van der Waals surface area contributed by atoms with E-state index < -0.39 is 10.0 Å². The average molecular weight is 552 g/mol. The summed E-state index contributed by atoms with van der Waals surface area (Å²) in [5, 5.41) is 0. The number of ether oxygens (including phenoxy) is 3. The lowest BCUT2D eigenvalue weighted by atomic mass is 10.1. The summed E-state index contributed by atoms with van der Waals surface area (Å²) < 4.78 is 44.1. The zero-order chi connectivity index (χ0) is 27.4. The molecule has 0 atom stereocenters. The molecule has 0 N–H and O–H groups in total. The molecule has 0 aromatic heterocycles. The number of piperazine rings is 1. The van der Waals surface area contributed by atoms with Crippen molar-refractivity contribution in [1.82, 2.24) is 14.1 Å². The van der Waals surface area contributed by atoms with Gasteiger partial charge in [-0.15, -0.1) is 0 Å². The molecule has 206 valence electrons. The monoisotopic (exact) mass is 551 g/mol. The van der Waals surface area contributed by atoms with Crippen LogP contribution in [0.25, 0.3) is 0 Å². The van der Waals surface area contributed by atoms with E-state index in [1.54, 1.807) is 48.5 Å². The van der Waals surface area contributed by atoms with Crippen LogP contribution in [0.2, 0.25) is 0 Å². The lowest BCUT2D eigenvalue weighted by Gasteiger charge is -2.35. The SMILES string of the molecule is CCOc1ccc(C(=O)N2CCN(Cc3ccc4c(c3)OCO4)CC2)cc1CN(C)S(=O)(=O)c1ccccc1. The Kier molecular flexibility index (Phi) is 8.06. The zero-order valence-corrected chi connectivity index (χ0v) is 23.0. The zero-order valence-electron chi connectivity index (χ0n) is 22.2. The second kappa shape index (κ2) is 11.6. The van der Waals surface area contributed by atoms with Crippen molar-refractivity contribution in [2.45, 2.75) is 24.9 Å². The third-order valence-corrected chi connectivity index (χ3v) is 8.77. The number of benzene rings is 3. The summed E-state index contributed by atoms with van der Waals surface area (Å²) in [7, 11) is -2.16. The van der Waals surface area contributed by atoms with Gasteiger partial charge in [0.05, 0.1) is 11.5 Å². The van der Waals surface area contributed by atoms with Crippen molar-refractivity contribution in [3.05, 3.63) is 83.4 Å². The number of carbonyl (C=O) groups is 1. The molecule has 2 aliphatic heterocycles. The Balaban J connectivity index is 1.25. The molecule has 5 rings (SSSR count). The minimum Gasteiger partial charge on any atom is -0.494 e. The third-order valence-electron chi connectivity index (χ3n) is 6.95. The van der Waals surface area contributed by atoms with Gasteiger partial charge in [0.1, 0.15) is 5.75 Å². The van der Waals surface area contributed by atoms with Gasteiger partial charge in [0.15, 0.2) is 11.5 Å². The summed E-state index contributed by atoms with van der Waals surface area (Å²) in [6.07, 6.45) is 0. The van der Waals surface area contributed by atoms with Gasteiger partial charge in [-0.25, -0.2) is 8.42 Å². The molecule has 0 spiro atoms. The van der Waals surface area contributed by atoms with Crippen molar-refractivity contribution in [2.75, 3.05) is 46.6 Å². The number of hydrogen-bond acceptors (Lipinski definition) is 7. The Bertz CT molecular complexity index is 1420. The summed E-state index contributed by atoms with van der Waals surface area (Å²) in [6, 6.07) is 19.6. The van der Waals surface area contributed by atoms with Gasteiger partial charge >= 0.3 is 0 Å². The fourth-order valence-corrected chi connectivity index (χ4v) is 5.99. The molecule has 2 aliphatic rings. The molecule has 10 heteroatoms. The fraction of sp³-hybridized carbons (Fsp3) is 0.345. The van der Waals surface area contributed by atoms with Gasteiger partial charge in [0.25, 0.3) is 5.91 Å². The lowest BCUT2D eigenvalue weighted by Crippen LogP contribution is -2.48. The first kappa shape index (κ1) is 27.0. The Morgan fingerprint density at radius 2 is 1.69 bits per heavy atom. The van der Waals surface area contributed by atoms with Crippen LogP contribution in [0.1, 0.15) is 28.4 Å². The first-order chi connectivity index (χ1) is 18.8. The van der Waals surface area contributed by atoms with E-state index in [1.165, 1.54) is 11.4 Å². The van der Waals surface area contributed by atoms with E-state index in [0.29, 0.717) is 36.6 Å². The summed E-state index contributed by atoms with van der Waals surface area (Å²) in [5.74, 6) is 2.04. The van der Waals surface area contributed by atoms with E-state index in [2.05, 4.69) is 4.90 Å². The molecule has 0 radical (unpaired) electrons. The predicted molar refractivity (Wildman–Crippen MR) is 146 cm³/mol. The maximum atomic E-state index is 13.4. The van der Waals surface area contributed by atoms with E-state index >= 15 is 0 Å². The Morgan fingerprint density at radius 3 is 2.44 bits per heavy atom. The van der Waals surface area contributed by atoms with Crippen LogP contribution in [0, 0.1) is 0 Å². The molecule has 2 heterocycles. The second-order valence-electron chi connectivity index (χ2n) is 9.59. The van der Waals surface area contributed by atoms with Crippen molar-refractivity contribution in [1.29, 1.82) is 0 Å². The first-order valence-electron chi connectivity index (χ1n) is 13.0. The Labute approximate surface area is 229 Å². The molecular weight excluding hydrogens is 518 g/mol. The third kappa shape index (κ3) is 6.03. The van der Waals surface area contributed by atoms with Gasteiger partial charge in [-0.05, 0) is 55.0 Å². The van der Waals surface area contributed by atoms with Gasteiger partial charge in [-0.3, -0.25) is 9.69 Å². The normalized spacial score (nSPS) is 15.5. The number of amides is 1. The maximum absolute atomic E-state index is 13.4. The molecule has 3 aromatic rings. The molecule has 0 saturated carbocycles. The van der Waals surface area contributed by atoms with Crippen LogP contribution in [0.3, 0.4) is 0 Å². The van der Waals surface area contributed by atoms with Crippen molar-refractivity contribution >= 4 is 15.9 Å². The summed E-state index contributed by atoms with van der Waals surface area (Å²) in [5.41, 5.74) is 2.30. The molecule has 9 nitrogen and oxygen atoms in total. The van der Waals surface area contributed by atoms with E-state index in [-0.39, 0.29) is 24.1 Å². The van der Waals surface area contributed by atoms with Crippen molar-refractivity contribution < 1.29 is 27.4 Å². The van der Waals surface area contributed by atoms with Gasteiger partial charge in [0, 0.05) is 57.4 Å². The molecule has 1 fully saturated rings. The highest BCUT2D eigenvalue weighted by Gasteiger charge is 2.26. The van der Waals surface area contributed by atoms with Crippen LogP contribution < -0.4 is 14.2 Å². The van der Waals surface area contributed by atoms with Crippen LogP contribution in [0.4, 0.5) is 0 Å². The van der Waals surface area contributed by atoms with Crippen LogP contribution in [0.5, 0.6) is 17.2 Å². The van der Waals surface area contributed by atoms with Crippen LogP contribution in [-0.2, 0) is 23.1 Å². The standard InChI is InChI=1S/C29H33N3O6S/c1-3-36-26-12-10-23(18-24(26)20-30(2)39(34,35)25-7-5-4-6-8-25)29(33)32-15-13-31(14-16-32)19-22-9-11-27-28(17-22)38-21-37-27/h4-12,17-18H,3,13-16,19-21H2,1-2H3. The largest absolute Gasteiger partial charge is 0.494 e. The van der Waals surface area contributed by atoms with E-state index in [1.807, 2.05) is 30.0 Å². The maximum Gasteiger partial charge on any atom is 0.253 e. The highest BCUT2D eigenvalue weighted by Crippen LogP contribution is 2.33. The molecule has 0 unspecified atom stereocenters. The van der Waals surface area contributed by atoms with Gasteiger partial charge in [-0.2, -0.15) is 4.31 Å². The average Bonchev–Trinajstić information content (AvgIpc) is 3.42. The van der Waals surface area contributed by atoms with E-state index in [0.717, 1.165) is 36.7 Å². The van der Waals surface area contributed by atoms with Crippen LogP contribution in [0.15, 0.2) is 71.6 Å². The van der Waals surface area contributed by atoms with Crippen molar-refractivity contribution in [2.24, 2.45) is 0 Å². The van der Waals surface area contributed by atoms with Crippen LogP contribution in [-0.4, -0.2) is 75.1 Å². The van der Waals surface area contributed by atoms with Gasteiger partial charge in [-0.1, -0.05) is 24.3 Å². The van der Waals surface area contributed by atoms with Crippen molar-refractivity contribution in [3.63, 3.8) is 0 Å². The first-order valence-corrected chi connectivity index (χ1v) is 14.5. The number of rotatable bonds is 9. The van der Waals surface area contributed by atoms with E-state index in [9.17, 15) is 13.2 Å². The Hall–Kier alpha value is -3.60. The van der Waals surface area contributed by atoms with Crippen molar-refractivity contribution in [3.8, 4) is 17.2 Å². The highest BCUT2D eigenvalue weighted by molar-refractivity contribution is 7.89. The number of nitrogens with zero attached hydrogens (tertiary/aromatic N) is 3.